The highest BCUT2D eigenvalue weighted by Gasteiger charge is 2.23. The molecule has 0 unspecified atom stereocenters. The second kappa shape index (κ2) is 5.74. The van der Waals surface area contributed by atoms with E-state index in [1.165, 1.54) is 20.3 Å². The molecule has 0 saturated carbocycles. The molecule has 1 aromatic rings. The topological polar surface area (TPSA) is 76.4 Å². The van der Waals surface area contributed by atoms with Crippen molar-refractivity contribution in [1.29, 1.82) is 5.26 Å². The summed E-state index contributed by atoms with van der Waals surface area (Å²) < 4.78 is 34.4. The normalized spacial score (nSPS) is 10.8. The van der Waals surface area contributed by atoms with E-state index in [1.54, 1.807) is 13.0 Å². The Morgan fingerprint density at radius 1 is 1.28 bits per heavy atom. The van der Waals surface area contributed by atoms with Gasteiger partial charge in [0.2, 0.25) is 0 Å². The van der Waals surface area contributed by atoms with Crippen LogP contribution >= 0.6 is 0 Å². The number of nitrogens with zero attached hydrogens (tertiary/aromatic N) is 1. The number of sulfone groups is 1. The average Bonchev–Trinajstić information content (AvgIpc) is 2.34. The lowest BCUT2D eigenvalue weighted by atomic mass is 10.2. The summed E-state index contributed by atoms with van der Waals surface area (Å²) >= 11 is 0. The van der Waals surface area contributed by atoms with Crippen molar-refractivity contribution in [2.75, 3.05) is 20.0 Å². The molecule has 98 valence electrons. The van der Waals surface area contributed by atoms with Gasteiger partial charge in [-0.05, 0) is 18.6 Å². The predicted molar refractivity (Wildman–Crippen MR) is 66.6 cm³/mol. The maximum absolute atomic E-state index is 12.1. The van der Waals surface area contributed by atoms with Gasteiger partial charge in [0.05, 0.1) is 26.0 Å². The lowest BCUT2D eigenvalue weighted by molar-refractivity contribution is 0.385. The van der Waals surface area contributed by atoms with Crippen LogP contribution in [0.25, 0.3) is 0 Å². The van der Waals surface area contributed by atoms with Gasteiger partial charge in [-0.2, -0.15) is 5.26 Å². The molecule has 0 fully saturated rings. The van der Waals surface area contributed by atoms with E-state index in [-0.39, 0.29) is 22.8 Å². The summed E-state index contributed by atoms with van der Waals surface area (Å²) in [6.07, 6.45) is -0.0447. The molecule has 0 atom stereocenters. The fourth-order valence-electron chi connectivity index (χ4n) is 1.66. The standard InChI is InChI=1S/C12H15NO4S/c1-9-7-10(16-2)8-11(17-3)12(9)18(14,15)6-4-5-13/h7-8H,4,6H2,1-3H3. The van der Waals surface area contributed by atoms with Crippen LogP contribution in [-0.4, -0.2) is 28.4 Å². The van der Waals surface area contributed by atoms with E-state index in [0.29, 0.717) is 11.3 Å². The van der Waals surface area contributed by atoms with Crippen molar-refractivity contribution in [3.8, 4) is 17.6 Å². The van der Waals surface area contributed by atoms with Crippen LogP contribution in [0.3, 0.4) is 0 Å². The van der Waals surface area contributed by atoms with Crippen LogP contribution in [0.5, 0.6) is 11.5 Å². The number of benzene rings is 1. The van der Waals surface area contributed by atoms with Gasteiger partial charge in [0, 0.05) is 12.5 Å². The molecule has 0 saturated heterocycles. The molecule has 6 heteroatoms. The Hall–Kier alpha value is -1.74. The molecule has 18 heavy (non-hydrogen) atoms. The molecule has 1 aromatic carbocycles. The molecule has 0 aliphatic carbocycles. The van der Waals surface area contributed by atoms with Crippen LogP contribution in [0.1, 0.15) is 12.0 Å². The van der Waals surface area contributed by atoms with Crippen molar-refractivity contribution < 1.29 is 17.9 Å². The number of hydrogen-bond donors (Lipinski definition) is 0. The van der Waals surface area contributed by atoms with E-state index in [1.807, 2.05) is 6.07 Å². The molecule has 0 radical (unpaired) electrons. The van der Waals surface area contributed by atoms with E-state index < -0.39 is 9.84 Å². The predicted octanol–water partition coefficient (Wildman–Crippen LogP) is 1.70. The molecule has 0 spiro atoms. The number of methoxy groups -OCH3 is 2. The number of hydrogen-bond acceptors (Lipinski definition) is 5. The molecule has 5 nitrogen and oxygen atoms in total. The van der Waals surface area contributed by atoms with Crippen molar-refractivity contribution in [3.05, 3.63) is 17.7 Å². The van der Waals surface area contributed by atoms with Gasteiger partial charge in [0.1, 0.15) is 16.4 Å². The number of aryl methyl sites for hydroxylation is 1. The number of nitriles is 1. The van der Waals surface area contributed by atoms with E-state index >= 15 is 0 Å². The highest BCUT2D eigenvalue weighted by molar-refractivity contribution is 7.91. The van der Waals surface area contributed by atoms with Crippen LogP contribution in [0.4, 0.5) is 0 Å². The highest BCUT2D eigenvalue weighted by Crippen LogP contribution is 2.32. The first kappa shape index (κ1) is 14.3. The van der Waals surface area contributed by atoms with Crippen molar-refractivity contribution >= 4 is 9.84 Å². The van der Waals surface area contributed by atoms with Gasteiger partial charge < -0.3 is 9.47 Å². The summed E-state index contributed by atoms with van der Waals surface area (Å²) in [5.74, 6) is 0.556. The maximum atomic E-state index is 12.1. The van der Waals surface area contributed by atoms with Crippen molar-refractivity contribution in [2.45, 2.75) is 18.2 Å². The monoisotopic (exact) mass is 269 g/mol. The van der Waals surface area contributed by atoms with E-state index in [4.69, 9.17) is 14.7 Å². The van der Waals surface area contributed by atoms with Crippen molar-refractivity contribution in [1.82, 2.24) is 0 Å². The fourth-order valence-corrected chi connectivity index (χ4v) is 3.22. The maximum Gasteiger partial charge on any atom is 0.183 e. The molecule has 0 amide bonds. The van der Waals surface area contributed by atoms with Gasteiger partial charge in [-0.25, -0.2) is 8.42 Å². The first-order valence-electron chi connectivity index (χ1n) is 5.28. The zero-order valence-electron chi connectivity index (χ0n) is 10.6. The van der Waals surface area contributed by atoms with Crippen molar-refractivity contribution in [2.24, 2.45) is 0 Å². The Bertz CT molecular complexity index is 572. The molecule has 0 heterocycles. The summed E-state index contributed by atoms with van der Waals surface area (Å²) in [5.41, 5.74) is 0.545. The van der Waals surface area contributed by atoms with E-state index in [0.717, 1.165) is 0 Å². The lowest BCUT2D eigenvalue weighted by Crippen LogP contribution is -2.10. The average molecular weight is 269 g/mol. The zero-order chi connectivity index (χ0) is 13.8. The van der Waals surface area contributed by atoms with E-state index in [2.05, 4.69) is 0 Å². The first-order chi connectivity index (χ1) is 8.46. The summed E-state index contributed by atoms with van der Waals surface area (Å²) in [6, 6.07) is 4.98. The second-order valence-electron chi connectivity index (χ2n) is 3.70. The minimum absolute atomic E-state index is 0.0447. The van der Waals surface area contributed by atoms with Gasteiger partial charge in [0.25, 0.3) is 0 Å². The Balaban J connectivity index is 3.36. The molecule has 0 aromatic heterocycles. The molecular formula is C12H15NO4S. The second-order valence-corrected chi connectivity index (χ2v) is 5.75. The summed E-state index contributed by atoms with van der Waals surface area (Å²) in [6.45, 7) is 1.67. The van der Waals surface area contributed by atoms with Gasteiger partial charge in [-0.15, -0.1) is 0 Å². The molecule has 0 aliphatic rings. The van der Waals surface area contributed by atoms with Gasteiger partial charge in [0.15, 0.2) is 9.84 Å². The summed E-state index contributed by atoms with van der Waals surface area (Å²) in [5, 5.41) is 8.49. The van der Waals surface area contributed by atoms with Crippen molar-refractivity contribution in [3.63, 3.8) is 0 Å². The Labute approximate surface area is 107 Å². The molecular weight excluding hydrogens is 254 g/mol. The third kappa shape index (κ3) is 2.93. The smallest absolute Gasteiger partial charge is 0.183 e. The fraction of sp³-hybridized carbons (Fsp3) is 0.417. The Kier molecular flexibility index (Phi) is 4.56. The minimum Gasteiger partial charge on any atom is -0.497 e. The molecule has 0 bridgehead atoms. The van der Waals surface area contributed by atoms with Crippen LogP contribution in [-0.2, 0) is 9.84 Å². The van der Waals surface area contributed by atoms with Crippen LogP contribution in [0, 0.1) is 18.3 Å². The summed E-state index contributed by atoms with van der Waals surface area (Å²) in [4.78, 5) is 0.126. The van der Waals surface area contributed by atoms with Crippen LogP contribution in [0.15, 0.2) is 17.0 Å². The van der Waals surface area contributed by atoms with Gasteiger partial charge in [-0.1, -0.05) is 0 Å². The Morgan fingerprint density at radius 3 is 2.44 bits per heavy atom. The SMILES string of the molecule is COc1cc(C)c(S(=O)(=O)CCC#N)c(OC)c1. The quantitative estimate of drug-likeness (QED) is 0.813. The number of ether oxygens (including phenoxy) is 2. The minimum atomic E-state index is -3.52. The summed E-state index contributed by atoms with van der Waals surface area (Å²) in [7, 11) is -0.625. The third-order valence-electron chi connectivity index (χ3n) is 2.46. The number of rotatable bonds is 5. The van der Waals surface area contributed by atoms with Gasteiger partial charge in [-0.3, -0.25) is 0 Å². The van der Waals surface area contributed by atoms with E-state index in [9.17, 15) is 8.42 Å². The molecule has 1 rings (SSSR count). The first-order valence-corrected chi connectivity index (χ1v) is 6.94. The third-order valence-corrected chi connectivity index (χ3v) is 4.35. The highest BCUT2D eigenvalue weighted by atomic mass is 32.2. The van der Waals surface area contributed by atoms with Gasteiger partial charge >= 0.3 is 0 Å². The zero-order valence-corrected chi connectivity index (χ0v) is 11.4. The molecule has 0 aliphatic heterocycles. The largest absolute Gasteiger partial charge is 0.497 e. The van der Waals surface area contributed by atoms with Crippen LogP contribution in [0.2, 0.25) is 0 Å². The Morgan fingerprint density at radius 2 is 1.94 bits per heavy atom. The van der Waals surface area contributed by atoms with Crippen LogP contribution < -0.4 is 9.47 Å². The lowest BCUT2D eigenvalue weighted by Gasteiger charge is -2.13. The molecule has 0 N–H and O–H groups in total.